The van der Waals surface area contributed by atoms with Gasteiger partial charge in [-0.25, -0.2) is 0 Å². The molecule has 0 bridgehead atoms. The lowest BCUT2D eigenvalue weighted by Crippen LogP contribution is -2.43. The summed E-state index contributed by atoms with van der Waals surface area (Å²) >= 11 is 0. The van der Waals surface area contributed by atoms with E-state index in [4.69, 9.17) is 10.5 Å². The summed E-state index contributed by atoms with van der Waals surface area (Å²) in [5, 5.41) is 0. The molecule has 0 radical (unpaired) electrons. The molecule has 1 atom stereocenters. The molecular formula is C15H23N3O2. The van der Waals surface area contributed by atoms with Crippen LogP contribution in [0.4, 0.5) is 11.4 Å². The van der Waals surface area contributed by atoms with Gasteiger partial charge in [0.15, 0.2) is 0 Å². The van der Waals surface area contributed by atoms with Gasteiger partial charge < -0.3 is 20.3 Å². The maximum atomic E-state index is 12.3. The number of morpholine rings is 1. The summed E-state index contributed by atoms with van der Waals surface area (Å²) in [5.74, 6) is -0.000426. The number of amides is 1. The number of carbonyl (C=O) groups excluding carboxylic acids is 1. The second kappa shape index (κ2) is 6.13. The molecule has 1 aliphatic heterocycles. The molecule has 0 aromatic heterocycles. The molecule has 1 aromatic rings. The monoisotopic (exact) mass is 277 g/mol. The summed E-state index contributed by atoms with van der Waals surface area (Å²) in [5.41, 5.74) is 8.17. The van der Waals surface area contributed by atoms with Gasteiger partial charge in [-0.05, 0) is 24.6 Å². The van der Waals surface area contributed by atoms with Gasteiger partial charge in [0.05, 0.1) is 24.0 Å². The summed E-state index contributed by atoms with van der Waals surface area (Å²) in [7, 11) is 3.52. The summed E-state index contributed by atoms with van der Waals surface area (Å²) in [6.45, 7) is 4.38. The largest absolute Gasteiger partial charge is 0.399 e. The molecule has 0 saturated carbocycles. The van der Waals surface area contributed by atoms with Crippen molar-refractivity contribution in [1.82, 2.24) is 4.90 Å². The fraction of sp³-hybridized carbons (Fsp3) is 0.533. The number of nitrogens with zero attached hydrogens (tertiary/aromatic N) is 2. The van der Waals surface area contributed by atoms with Crippen molar-refractivity contribution in [3.8, 4) is 0 Å². The molecule has 1 aromatic carbocycles. The smallest absolute Gasteiger partial charge is 0.255 e. The minimum absolute atomic E-state index is 0.000426. The molecule has 1 fully saturated rings. The van der Waals surface area contributed by atoms with Crippen LogP contribution < -0.4 is 10.6 Å². The number of anilines is 2. The van der Waals surface area contributed by atoms with E-state index in [9.17, 15) is 4.79 Å². The van der Waals surface area contributed by atoms with E-state index in [0.717, 1.165) is 25.2 Å². The Labute approximate surface area is 120 Å². The summed E-state index contributed by atoms with van der Waals surface area (Å²) in [6.07, 6.45) is 1.18. The number of hydrogen-bond acceptors (Lipinski definition) is 4. The third-order valence-electron chi connectivity index (χ3n) is 3.59. The third kappa shape index (κ3) is 3.04. The van der Waals surface area contributed by atoms with E-state index in [1.54, 1.807) is 25.1 Å². The highest BCUT2D eigenvalue weighted by Gasteiger charge is 2.23. The Morgan fingerprint density at radius 1 is 1.50 bits per heavy atom. The Hall–Kier alpha value is -1.75. The van der Waals surface area contributed by atoms with E-state index in [-0.39, 0.29) is 12.0 Å². The van der Waals surface area contributed by atoms with Crippen molar-refractivity contribution in [2.45, 2.75) is 19.4 Å². The van der Waals surface area contributed by atoms with Gasteiger partial charge in [0.1, 0.15) is 0 Å². The van der Waals surface area contributed by atoms with Crippen LogP contribution in [0.2, 0.25) is 0 Å². The molecule has 0 aliphatic carbocycles. The normalized spacial score (nSPS) is 18.9. The minimum atomic E-state index is -0.000426. The molecule has 110 valence electrons. The van der Waals surface area contributed by atoms with E-state index in [1.807, 2.05) is 12.1 Å². The average molecular weight is 277 g/mol. The van der Waals surface area contributed by atoms with Crippen molar-refractivity contribution in [3.63, 3.8) is 0 Å². The molecule has 1 aliphatic rings. The first-order chi connectivity index (χ1) is 9.52. The van der Waals surface area contributed by atoms with Crippen LogP contribution in [0.5, 0.6) is 0 Å². The van der Waals surface area contributed by atoms with Crippen molar-refractivity contribution >= 4 is 17.3 Å². The van der Waals surface area contributed by atoms with E-state index < -0.39 is 0 Å². The molecule has 0 spiro atoms. The Balaban J connectivity index is 2.34. The van der Waals surface area contributed by atoms with E-state index in [0.29, 0.717) is 17.9 Å². The highest BCUT2D eigenvalue weighted by atomic mass is 16.5. The molecule has 2 rings (SSSR count). The van der Waals surface area contributed by atoms with Gasteiger partial charge in [-0.1, -0.05) is 6.92 Å². The standard InChI is InChI=1S/C15H23N3O2/c1-4-12-10-18(7-8-20-12)14-9-11(16)5-6-13(14)15(19)17(2)3/h5-6,9,12H,4,7-8,10,16H2,1-3H3. The molecule has 2 N–H and O–H groups in total. The van der Waals surface area contributed by atoms with Crippen molar-refractivity contribution in [2.75, 3.05) is 44.4 Å². The fourth-order valence-corrected chi connectivity index (χ4v) is 2.42. The number of carbonyl (C=O) groups is 1. The first-order valence-electron chi connectivity index (χ1n) is 7.00. The first-order valence-corrected chi connectivity index (χ1v) is 7.00. The summed E-state index contributed by atoms with van der Waals surface area (Å²) in [6, 6.07) is 5.47. The van der Waals surface area contributed by atoms with E-state index in [1.165, 1.54) is 0 Å². The summed E-state index contributed by atoms with van der Waals surface area (Å²) in [4.78, 5) is 16.1. The van der Waals surface area contributed by atoms with Crippen LogP contribution >= 0.6 is 0 Å². The number of benzene rings is 1. The predicted octanol–water partition coefficient (Wildman–Crippen LogP) is 1.59. The van der Waals surface area contributed by atoms with Gasteiger partial charge in [-0.2, -0.15) is 0 Å². The van der Waals surface area contributed by atoms with E-state index in [2.05, 4.69) is 11.8 Å². The zero-order chi connectivity index (χ0) is 14.7. The zero-order valence-electron chi connectivity index (χ0n) is 12.4. The Kier molecular flexibility index (Phi) is 4.49. The SMILES string of the molecule is CCC1CN(c2cc(N)ccc2C(=O)N(C)C)CCO1. The molecule has 20 heavy (non-hydrogen) atoms. The van der Waals surface area contributed by atoms with Gasteiger partial charge in [0.25, 0.3) is 5.91 Å². The van der Waals surface area contributed by atoms with Gasteiger partial charge in [-0.3, -0.25) is 4.79 Å². The maximum Gasteiger partial charge on any atom is 0.255 e. The second-order valence-electron chi connectivity index (χ2n) is 5.32. The molecule has 1 saturated heterocycles. The molecule has 1 heterocycles. The topological polar surface area (TPSA) is 58.8 Å². The van der Waals surface area contributed by atoms with Gasteiger partial charge in [0, 0.05) is 32.9 Å². The Morgan fingerprint density at radius 2 is 2.25 bits per heavy atom. The van der Waals surface area contributed by atoms with E-state index >= 15 is 0 Å². The highest BCUT2D eigenvalue weighted by molar-refractivity contribution is 6.00. The van der Waals surface area contributed by atoms with Crippen molar-refractivity contribution in [1.29, 1.82) is 0 Å². The van der Waals surface area contributed by atoms with Gasteiger partial charge >= 0.3 is 0 Å². The Morgan fingerprint density at radius 3 is 2.90 bits per heavy atom. The molecule has 1 amide bonds. The van der Waals surface area contributed by atoms with Crippen molar-refractivity contribution in [3.05, 3.63) is 23.8 Å². The first kappa shape index (κ1) is 14.7. The maximum absolute atomic E-state index is 12.3. The van der Waals surface area contributed by atoms with Crippen molar-refractivity contribution in [2.24, 2.45) is 0 Å². The van der Waals surface area contributed by atoms with Gasteiger partial charge in [0.2, 0.25) is 0 Å². The number of hydrogen-bond donors (Lipinski definition) is 1. The van der Waals surface area contributed by atoms with Crippen LogP contribution in [0.15, 0.2) is 18.2 Å². The van der Waals surface area contributed by atoms with Crippen LogP contribution in [0.25, 0.3) is 0 Å². The predicted molar refractivity (Wildman–Crippen MR) is 81.1 cm³/mol. The zero-order valence-corrected chi connectivity index (χ0v) is 12.4. The van der Waals surface area contributed by atoms with Crippen LogP contribution in [-0.4, -0.2) is 50.7 Å². The number of nitrogen functional groups attached to an aromatic ring is 1. The minimum Gasteiger partial charge on any atom is -0.399 e. The number of rotatable bonds is 3. The van der Waals surface area contributed by atoms with Crippen LogP contribution in [0, 0.1) is 0 Å². The highest BCUT2D eigenvalue weighted by Crippen LogP contribution is 2.26. The second-order valence-corrected chi connectivity index (χ2v) is 5.32. The quantitative estimate of drug-likeness (QED) is 0.852. The lowest BCUT2D eigenvalue weighted by Gasteiger charge is -2.35. The van der Waals surface area contributed by atoms with Crippen LogP contribution in [0.1, 0.15) is 23.7 Å². The molecule has 5 nitrogen and oxygen atoms in total. The lowest BCUT2D eigenvalue weighted by molar-refractivity contribution is 0.0383. The van der Waals surface area contributed by atoms with Crippen LogP contribution in [0.3, 0.4) is 0 Å². The van der Waals surface area contributed by atoms with Crippen LogP contribution in [-0.2, 0) is 4.74 Å². The molecule has 5 heteroatoms. The average Bonchev–Trinajstić information content (AvgIpc) is 2.46. The Bertz CT molecular complexity index is 488. The summed E-state index contributed by atoms with van der Waals surface area (Å²) < 4.78 is 5.69. The lowest BCUT2D eigenvalue weighted by atomic mass is 10.1. The molecule has 1 unspecified atom stereocenters. The number of nitrogens with two attached hydrogens (primary N) is 1. The fourth-order valence-electron chi connectivity index (χ4n) is 2.42. The molecular weight excluding hydrogens is 254 g/mol. The number of ether oxygens (including phenoxy) is 1. The van der Waals surface area contributed by atoms with Crippen molar-refractivity contribution < 1.29 is 9.53 Å². The van der Waals surface area contributed by atoms with Gasteiger partial charge in [-0.15, -0.1) is 0 Å². The third-order valence-corrected chi connectivity index (χ3v) is 3.59.